The Morgan fingerprint density at radius 3 is 2.73 bits per heavy atom. The van der Waals surface area contributed by atoms with Crippen molar-refractivity contribution >= 4 is 22.4 Å². The normalized spacial score (nSPS) is 18.7. The third kappa shape index (κ3) is 3.45. The smallest absolute Gasteiger partial charge is 0.138 e. The highest BCUT2D eigenvalue weighted by atomic mass is 19.1. The summed E-state index contributed by atoms with van der Waals surface area (Å²) in [5, 5.41) is 4.58. The minimum Gasteiger partial charge on any atom is -0.377 e. The van der Waals surface area contributed by atoms with Gasteiger partial charge in [-0.05, 0) is 54.8 Å². The molecule has 1 aromatic heterocycles. The number of carbonyl (C=O) groups excluding carboxylic acids is 1. The Kier molecular flexibility index (Phi) is 4.65. The van der Waals surface area contributed by atoms with Crippen LogP contribution in [0.1, 0.15) is 37.3 Å². The van der Waals surface area contributed by atoms with Gasteiger partial charge in [0.05, 0.1) is 11.6 Å². The summed E-state index contributed by atoms with van der Waals surface area (Å²) in [7, 11) is 0. The molecule has 2 aromatic carbocycles. The van der Waals surface area contributed by atoms with E-state index in [4.69, 9.17) is 0 Å². The fourth-order valence-electron chi connectivity index (χ4n) is 3.79. The predicted molar refractivity (Wildman–Crippen MR) is 101 cm³/mol. The maximum Gasteiger partial charge on any atom is 0.138 e. The molecule has 4 heteroatoms. The molecule has 3 aromatic rings. The molecule has 26 heavy (non-hydrogen) atoms. The first kappa shape index (κ1) is 16.7. The molecule has 0 radical (unpaired) electrons. The highest BCUT2D eigenvalue weighted by Crippen LogP contribution is 2.35. The molecule has 1 aliphatic rings. The molecular formula is C22H21FN2O. The van der Waals surface area contributed by atoms with Crippen LogP contribution >= 0.6 is 0 Å². The summed E-state index contributed by atoms with van der Waals surface area (Å²) >= 11 is 0. The number of ketones is 1. The lowest BCUT2D eigenvalue weighted by Crippen LogP contribution is -2.30. The van der Waals surface area contributed by atoms with Crippen LogP contribution in [0.2, 0.25) is 0 Å². The van der Waals surface area contributed by atoms with E-state index in [1.54, 1.807) is 18.3 Å². The van der Waals surface area contributed by atoms with Crippen molar-refractivity contribution < 1.29 is 9.18 Å². The van der Waals surface area contributed by atoms with Crippen LogP contribution in [0.25, 0.3) is 10.9 Å². The second kappa shape index (κ2) is 7.24. The van der Waals surface area contributed by atoms with Crippen molar-refractivity contribution in [2.24, 2.45) is 5.92 Å². The number of nitrogens with zero attached hydrogens (tertiary/aromatic N) is 1. The van der Waals surface area contributed by atoms with Gasteiger partial charge in [0, 0.05) is 29.6 Å². The molecule has 0 amide bonds. The molecule has 0 saturated heterocycles. The third-order valence-electron chi connectivity index (χ3n) is 5.16. The van der Waals surface area contributed by atoms with Gasteiger partial charge in [-0.1, -0.05) is 24.6 Å². The van der Waals surface area contributed by atoms with Crippen molar-refractivity contribution in [1.82, 2.24) is 4.98 Å². The van der Waals surface area contributed by atoms with Crippen LogP contribution in [0.3, 0.4) is 0 Å². The predicted octanol–water partition coefficient (Wildman–Crippen LogP) is 5.29. The highest BCUT2D eigenvalue weighted by molar-refractivity contribution is 5.84. The number of halogens is 1. The minimum atomic E-state index is -0.265. The topological polar surface area (TPSA) is 42.0 Å². The lowest BCUT2D eigenvalue weighted by Gasteiger charge is -2.31. The average molecular weight is 348 g/mol. The van der Waals surface area contributed by atoms with E-state index >= 15 is 0 Å². The van der Waals surface area contributed by atoms with E-state index in [9.17, 15) is 9.18 Å². The quantitative estimate of drug-likeness (QED) is 0.697. The molecule has 0 unspecified atom stereocenters. The minimum absolute atomic E-state index is 0.0844. The van der Waals surface area contributed by atoms with Crippen molar-refractivity contribution in [2.75, 3.05) is 5.32 Å². The van der Waals surface area contributed by atoms with E-state index in [-0.39, 0.29) is 17.8 Å². The van der Waals surface area contributed by atoms with Crippen LogP contribution in [-0.2, 0) is 4.79 Å². The largest absolute Gasteiger partial charge is 0.377 e. The van der Waals surface area contributed by atoms with Gasteiger partial charge >= 0.3 is 0 Å². The molecule has 1 aliphatic carbocycles. The van der Waals surface area contributed by atoms with E-state index in [2.05, 4.69) is 10.3 Å². The summed E-state index contributed by atoms with van der Waals surface area (Å²) < 4.78 is 13.4. The molecule has 0 bridgehead atoms. The molecular weight excluding hydrogens is 327 g/mol. The van der Waals surface area contributed by atoms with Crippen LogP contribution < -0.4 is 5.32 Å². The molecule has 1 heterocycles. The summed E-state index contributed by atoms with van der Waals surface area (Å²) in [4.78, 5) is 16.9. The van der Waals surface area contributed by atoms with Gasteiger partial charge in [-0.15, -0.1) is 0 Å². The zero-order valence-electron chi connectivity index (χ0n) is 14.5. The van der Waals surface area contributed by atoms with E-state index in [1.165, 1.54) is 12.1 Å². The number of anilines is 1. The Morgan fingerprint density at radius 2 is 1.92 bits per heavy atom. The summed E-state index contributed by atoms with van der Waals surface area (Å²) in [6, 6.07) is 16.3. The Balaban J connectivity index is 1.69. The Labute approximate surface area is 152 Å². The number of carbonyl (C=O) groups is 1. The monoisotopic (exact) mass is 348 g/mol. The average Bonchev–Trinajstić information content (AvgIpc) is 2.67. The Hall–Kier alpha value is -2.75. The first-order valence-corrected chi connectivity index (χ1v) is 9.10. The zero-order chi connectivity index (χ0) is 17.9. The molecule has 3 nitrogen and oxygen atoms in total. The van der Waals surface area contributed by atoms with Gasteiger partial charge < -0.3 is 5.32 Å². The summed E-state index contributed by atoms with van der Waals surface area (Å²) in [6.07, 6.45) is 5.29. The molecule has 1 fully saturated rings. The van der Waals surface area contributed by atoms with E-state index in [0.29, 0.717) is 12.2 Å². The van der Waals surface area contributed by atoms with Crippen LogP contribution in [-0.4, -0.2) is 10.8 Å². The third-order valence-corrected chi connectivity index (χ3v) is 5.16. The van der Waals surface area contributed by atoms with Gasteiger partial charge in [0.1, 0.15) is 11.6 Å². The lowest BCUT2D eigenvalue weighted by molar-refractivity contribution is -0.125. The maximum absolute atomic E-state index is 13.4. The molecule has 0 spiro atoms. The van der Waals surface area contributed by atoms with Crippen LogP contribution in [0.5, 0.6) is 0 Å². The number of pyridine rings is 1. The van der Waals surface area contributed by atoms with Crippen LogP contribution in [0, 0.1) is 11.7 Å². The Morgan fingerprint density at radius 1 is 1.08 bits per heavy atom. The van der Waals surface area contributed by atoms with Gasteiger partial charge in [-0.25, -0.2) is 4.39 Å². The number of rotatable bonds is 4. The van der Waals surface area contributed by atoms with Gasteiger partial charge in [0.2, 0.25) is 0 Å². The van der Waals surface area contributed by atoms with Crippen LogP contribution in [0.15, 0.2) is 60.8 Å². The second-order valence-electron chi connectivity index (χ2n) is 6.90. The number of nitrogens with one attached hydrogen (secondary N) is 1. The lowest BCUT2D eigenvalue weighted by atomic mass is 9.80. The van der Waals surface area contributed by atoms with Crippen LogP contribution in [0.4, 0.5) is 10.1 Å². The number of hydrogen-bond donors (Lipinski definition) is 1. The van der Waals surface area contributed by atoms with Gasteiger partial charge in [-0.3, -0.25) is 9.78 Å². The van der Waals surface area contributed by atoms with Crippen molar-refractivity contribution in [3.63, 3.8) is 0 Å². The second-order valence-corrected chi connectivity index (χ2v) is 6.90. The number of hydrogen-bond acceptors (Lipinski definition) is 3. The van der Waals surface area contributed by atoms with Crippen molar-refractivity contribution in [3.05, 3.63) is 72.2 Å². The fraction of sp³-hybridized carbons (Fsp3) is 0.273. The first-order chi connectivity index (χ1) is 12.7. The summed E-state index contributed by atoms with van der Waals surface area (Å²) in [6.45, 7) is 0. The van der Waals surface area contributed by atoms with E-state index in [0.717, 1.165) is 41.4 Å². The fourth-order valence-corrected chi connectivity index (χ4v) is 3.79. The Bertz CT molecular complexity index is 923. The SMILES string of the molecule is O=C1CCCC[C@H]1[C@H](Nc1ccc2ncccc2c1)c1ccc(F)cc1. The maximum atomic E-state index is 13.4. The van der Waals surface area contributed by atoms with Gasteiger partial charge in [-0.2, -0.15) is 0 Å². The number of Topliss-reactive ketones (excluding diaryl/α,β-unsaturated/α-hetero) is 1. The van der Waals surface area contributed by atoms with E-state index < -0.39 is 0 Å². The number of benzene rings is 2. The van der Waals surface area contributed by atoms with Crippen molar-refractivity contribution in [2.45, 2.75) is 31.7 Å². The van der Waals surface area contributed by atoms with Crippen molar-refractivity contribution in [3.8, 4) is 0 Å². The number of fused-ring (bicyclic) bond motifs is 1. The molecule has 132 valence electrons. The van der Waals surface area contributed by atoms with Crippen molar-refractivity contribution in [1.29, 1.82) is 0 Å². The standard InChI is InChI=1S/C22H21FN2O/c23-17-9-7-15(8-10-17)22(19-5-1-2-6-21(19)26)25-18-11-12-20-16(14-18)4-3-13-24-20/h3-4,7-14,19,22,25H,1-2,5-6H2/t19-,22-/m1/s1. The highest BCUT2D eigenvalue weighted by Gasteiger charge is 2.31. The van der Waals surface area contributed by atoms with Gasteiger partial charge in [0.25, 0.3) is 0 Å². The summed E-state index contributed by atoms with van der Waals surface area (Å²) in [5.41, 5.74) is 2.82. The molecule has 4 rings (SSSR count). The molecule has 1 saturated carbocycles. The van der Waals surface area contributed by atoms with Gasteiger partial charge in [0.15, 0.2) is 0 Å². The molecule has 2 atom stereocenters. The van der Waals surface area contributed by atoms with E-state index in [1.807, 2.05) is 30.3 Å². The molecule has 0 aliphatic heterocycles. The molecule has 1 N–H and O–H groups in total. The first-order valence-electron chi connectivity index (χ1n) is 9.10. The zero-order valence-corrected chi connectivity index (χ0v) is 14.5. The summed E-state index contributed by atoms with van der Waals surface area (Å²) in [5.74, 6) is -0.0569. The number of aromatic nitrogens is 1.